The molecule has 11 nitrogen and oxygen atoms in total. The summed E-state index contributed by atoms with van der Waals surface area (Å²) in [6.07, 6.45) is 3.31. The summed E-state index contributed by atoms with van der Waals surface area (Å²) < 4.78 is 18.6. The highest BCUT2D eigenvalue weighted by molar-refractivity contribution is 9.11. The zero-order chi connectivity index (χ0) is 42.3. The minimum absolute atomic E-state index is 0.0758. The lowest BCUT2D eigenvalue weighted by atomic mass is 9.93. The third kappa shape index (κ3) is 12.6. The maximum absolute atomic E-state index is 12.9. The van der Waals surface area contributed by atoms with Crippen LogP contribution < -0.4 is 30.7 Å². The van der Waals surface area contributed by atoms with Gasteiger partial charge in [0.25, 0.3) is 11.8 Å². The first-order chi connectivity index (χ1) is 27.5. The Morgan fingerprint density at radius 3 is 1.47 bits per heavy atom. The lowest BCUT2D eigenvalue weighted by Gasteiger charge is -2.28. The Kier molecular flexibility index (Phi) is 16.9. The van der Waals surface area contributed by atoms with Crippen molar-refractivity contribution < 1.29 is 33.4 Å². The Labute approximate surface area is 388 Å². The number of ether oxygens (including phenoxy) is 3. The second-order valence-electron chi connectivity index (χ2n) is 13.3. The number of nitrogens with one attached hydrogen (secondary N) is 4. The summed E-state index contributed by atoms with van der Waals surface area (Å²) >= 11 is 39.6. The van der Waals surface area contributed by atoms with Gasteiger partial charge >= 0.3 is 11.9 Å². The number of esters is 2. The van der Waals surface area contributed by atoms with E-state index in [1.807, 2.05) is 13.8 Å². The number of anilines is 2. The van der Waals surface area contributed by atoms with Gasteiger partial charge < -0.3 is 35.5 Å². The molecule has 0 unspecified atom stereocenters. The monoisotopic (exact) mass is 1130 g/mol. The van der Waals surface area contributed by atoms with E-state index in [1.54, 1.807) is 24.3 Å². The number of rotatable bonds is 16. The molecule has 0 spiro atoms. The molecule has 0 bridgehead atoms. The van der Waals surface area contributed by atoms with E-state index in [1.165, 1.54) is 30.7 Å². The second kappa shape index (κ2) is 21.2. The van der Waals surface area contributed by atoms with Crippen LogP contribution in [0.2, 0.25) is 20.1 Å². The van der Waals surface area contributed by atoms with Crippen LogP contribution in [0.3, 0.4) is 0 Å². The number of benzene rings is 4. The highest BCUT2D eigenvalue weighted by atomic mass is 79.9. The predicted molar refractivity (Wildman–Crippen MR) is 241 cm³/mol. The largest absolute Gasteiger partial charge is 0.486 e. The van der Waals surface area contributed by atoms with Crippen LogP contribution in [-0.2, 0) is 27.5 Å². The van der Waals surface area contributed by atoms with Gasteiger partial charge in [0.15, 0.2) is 0 Å². The third-order valence-electron chi connectivity index (χ3n) is 8.41. The predicted octanol–water partition coefficient (Wildman–Crippen LogP) is 11.5. The third-order valence-corrected chi connectivity index (χ3v) is 12.1. The number of hydrogen-bond donors (Lipinski definition) is 4. The van der Waals surface area contributed by atoms with Crippen LogP contribution in [0.4, 0.5) is 11.4 Å². The van der Waals surface area contributed by atoms with Crippen LogP contribution in [0.15, 0.2) is 66.4 Å². The van der Waals surface area contributed by atoms with Gasteiger partial charge in [-0.2, -0.15) is 0 Å². The molecule has 0 aliphatic heterocycles. The molecule has 19 heteroatoms. The van der Waals surface area contributed by atoms with Crippen LogP contribution in [0.25, 0.3) is 0 Å². The molecular formula is C39H34Br4Cl4N4O7. The normalized spacial score (nSPS) is 12.4. The lowest BCUT2D eigenvalue weighted by molar-refractivity contribution is -0.158. The molecule has 58 heavy (non-hydrogen) atoms. The van der Waals surface area contributed by atoms with Crippen LogP contribution in [0.1, 0.15) is 65.0 Å². The SMILES string of the molecule is CC(C)Nc1cc(Cl)cc(COc2c(Br)cc(C(=O)NCC(=O)OC(=O)CNC(=O)c3cc(Br)c(OCc4cc(Cl)cc(NC5CCC5)c4Cl)c(Br)c3)cc2Br)c1Cl. The number of hydrogen-bond acceptors (Lipinski definition) is 9. The van der Waals surface area contributed by atoms with E-state index < -0.39 is 36.8 Å². The van der Waals surface area contributed by atoms with Crippen molar-refractivity contribution in [3.63, 3.8) is 0 Å². The Morgan fingerprint density at radius 1 is 0.655 bits per heavy atom. The first kappa shape index (κ1) is 46.3. The van der Waals surface area contributed by atoms with E-state index in [-0.39, 0.29) is 30.4 Å². The van der Waals surface area contributed by atoms with Gasteiger partial charge in [-0.1, -0.05) is 46.4 Å². The van der Waals surface area contributed by atoms with Crippen LogP contribution in [0.5, 0.6) is 11.5 Å². The van der Waals surface area contributed by atoms with Gasteiger partial charge in [0.05, 0.1) is 39.3 Å². The van der Waals surface area contributed by atoms with Crippen LogP contribution in [-0.4, -0.2) is 48.9 Å². The van der Waals surface area contributed by atoms with Crippen molar-refractivity contribution in [1.29, 1.82) is 0 Å². The second-order valence-corrected chi connectivity index (χ2v) is 18.3. The molecule has 1 fully saturated rings. The van der Waals surface area contributed by atoms with E-state index in [2.05, 4.69) is 85.0 Å². The summed E-state index contributed by atoms with van der Waals surface area (Å²) in [5.41, 5.74) is 3.10. The molecule has 4 aromatic carbocycles. The topological polar surface area (TPSA) is 144 Å². The van der Waals surface area contributed by atoms with Crippen molar-refractivity contribution in [2.24, 2.45) is 0 Å². The molecule has 0 atom stereocenters. The Morgan fingerprint density at radius 2 is 1.07 bits per heavy atom. The molecular weight excluding hydrogens is 1100 g/mol. The number of carbonyl (C=O) groups is 4. The van der Waals surface area contributed by atoms with Crippen molar-refractivity contribution in [2.75, 3.05) is 23.7 Å². The Hall–Kier alpha value is -2.76. The highest BCUT2D eigenvalue weighted by Gasteiger charge is 2.22. The summed E-state index contributed by atoms with van der Waals surface area (Å²) in [5.74, 6) is -2.51. The molecule has 1 aliphatic carbocycles. The molecule has 4 aromatic rings. The molecule has 0 radical (unpaired) electrons. The zero-order valence-corrected chi connectivity index (χ0v) is 40.0. The summed E-state index contributed by atoms with van der Waals surface area (Å²) in [7, 11) is 0. The lowest BCUT2D eigenvalue weighted by Crippen LogP contribution is -2.35. The quantitative estimate of drug-likeness (QED) is 0.0637. The smallest absolute Gasteiger partial charge is 0.333 e. The summed E-state index contributed by atoms with van der Waals surface area (Å²) in [6, 6.07) is 13.5. The molecule has 0 aromatic heterocycles. The molecule has 308 valence electrons. The first-order valence-electron chi connectivity index (χ1n) is 17.5. The van der Waals surface area contributed by atoms with E-state index in [4.69, 9.17) is 60.6 Å². The fourth-order valence-electron chi connectivity index (χ4n) is 5.46. The Bertz CT molecular complexity index is 2200. The van der Waals surface area contributed by atoms with Crippen molar-refractivity contribution in [3.8, 4) is 11.5 Å². The number of amides is 2. The van der Waals surface area contributed by atoms with E-state index in [0.29, 0.717) is 72.3 Å². The molecule has 4 N–H and O–H groups in total. The fraction of sp³-hybridized carbons (Fsp3) is 0.282. The van der Waals surface area contributed by atoms with Crippen LogP contribution in [0, 0.1) is 0 Å². The van der Waals surface area contributed by atoms with Gasteiger partial charge in [0, 0.05) is 44.4 Å². The van der Waals surface area contributed by atoms with E-state index in [9.17, 15) is 19.2 Å². The zero-order valence-electron chi connectivity index (χ0n) is 30.6. The molecule has 1 saturated carbocycles. The first-order valence-corrected chi connectivity index (χ1v) is 22.2. The molecule has 2 amide bonds. The molecule has 1 aliphatic rings. The Balaban J connectivity index is 1.08. The summed E-state index contributed by atoms with van der Waals surface area (Å²) in [4.78, 5) is 50.5. The maximum Gasteiger partial charge on any atom is 0.333 e. The number of halogens is 8. The summed E-state index contributed by atoms with van der Waals surface area (Å²) in [6.45, 7) is 2.89. The molecule has 5 rings (SSSR count). The fourth-order valence-corrected chi connectivity index (χ4v) is 9.21. The van der Waals surface area contributed by atoms with Crippen molar-refractivity contribution >= 4 is 145 Å². The van der Waals surface area contributed by atoms with Crippen molar-refractivity contribution in [2.45, 2.75) is 58.4 Å². The average Bonchev–Trinajstić information content (AvgIpc) is 3.13. The van der Waals surface area contributed by atoms with Crippen LogP contribution >= 0.6 is 110 Å². The summed E-state index contributed by atoms with van der Waals surface area (Å²) in [5, 5.41) is 13.5. The number of carbonyl (C=O) groups excluding carboxylic acids is 4. The molecule has 0 heterocycles. The van der Waals surface area contributed by atoms with Gasteiger partial charge in [-0.15, -0.1) is 0 Å². The molecule has 0 saturated heterocycles. The van der Waals surface area contributed by atoms with Gasteiger partial charge in [-0.3, -0.25) is 9.59 Å². The van der Waals surface area contributed by atoms with E-state index in [0.717, 1.165) is 18.5 Å². The highest BCUT2D eigenvalue weighted by Crippen LogP contribution is 2.39. The minimum Gasteiger partial charge on any atom is -0.486 e. The van der Waals surface area contributed by atoms with Crippen molar-refractivity contribution in [1.82, 2.24) is 10.6 Å². The maximum atomic E-state index is 12.9. The van der Waals surface area contributed by atoms with Gasteiger partial charge in [0.1, 0.15) is 37.8 Å². The van der Waals surface area contributed by atoms with Gasteiger partial charge in [0.2, 0.25) is 0 Å². The van der Waals surface area contributed by atoms with Gasteiger partial charge in [-0.25, -0.2) is 9.59 Å². The van der Waals surface area contributed by atoms with E-state index >= 15 is 0 Å². The van der Waals surface area contributed by atoms with Gasteiger partial charge in [-0.05, 0) is 145 Å². The standard InChI is InChI=1S/C39H34Br4Cl4N4O7/c1-18(2)50-30-12-23(44)6-21(34(30)46)16-56-36-26(40)8-19(9-27(36)41)38(54)48-14-32(52)58-33(53)15-49-39(55)20-10-28(42)37(29(43)11-20)57-17-22-7-24(45)13-31(35(22)47)51-25-4-3-5-25/h6-13,18,25,50-51H,3-5,14-17H2,1-2H3,(H,48,54)(H,49,55). The average molecular weight is 1130 g/mol. The minimum atomic E-state index is -1.03. The van der Waals surface area contributed by atoms with Crippen molar-refractivity contribution in [3.05, 3.63) is 109 Å².